The highest BCUT2D eigenvalue weighted by Crippen LogP contribution is 2.12. The van der Waals surface area contributed by atoms with E-state index >= 15 is 0 Å². The Morgan fingerprint density at radius 1 is 1.00 bits per heavy atom. The van der Waals surface area contributed by atoms with Crippen molar-refractivity contribution in [3.63, 3.8) is 0 Å². The second-order valence-electron chi connectivity index (χ2n) is 7.23. The van der Waals surface area contributed by atoms with Crippen LogP contribution in [0.15, 0.2) is 24.3 Å². The zero-order valence-electron chi connectivity index (χ0n) is 16.3. The second kappa shape index (κ2) is 10.6. The van der Waals surface area contributed by atoms with Crippen molar-refractivity contribution >= 4 is 17.8 Å². The molecule has 9 nitrogen and oxygen atoms in total. The molecule has 0 spiro atoms. The van der Waals surface area contributed by atoms with Crippen LogP contribution >= 0.6 is 0 Å². The number of carbonyl (C=O) groups excluding carboxylic acids is 2. The number of nitrogens with one attached hydrogen (secondary N) is 2. The first-order valence-electron chi connectivity index (χ1n) is 9.06. The Hall–Kier alpha value is -2.65. The van der Waals surface area contributed by atoms with Gasteiger partial charge in [-0.2, -0.15) is 0 Å². The van der Waals surface area contributed by atoms with Crippen molar-refractivity contribution in [2.45, 2.75) is 57.8 Å². The van der Waals surface area contributed by atoms with E-state index in [1.807, 2.05) is 13.8 Å². The van der Waals surface area contributed by atoms with Crippen LogP contribution in [-0.2, 0) is 20.8 Å². The Bertz CT molecular complexity index is 675. The lowest BCUT2D eigenvalue weighted by molar-refractivity contribution is -0.142. The zero-order valence-corrected chi connectivity index (χ0v) is 16.3. The van der Waals surface area contributed by atoms with E-state index in [9.17, 15) is 29.7 Å². The molecule has 9 heteroatoms. The second-order valence-corrected chi connectivity index (χ2v) is 7.23. The Labute approximate surface area is 163 Å². The summed E-state index contributed by atoms with van der Waals surface area (Å²) >= 11 is 0. The van der Waals surface area contributed by atoms with Crippen molar-refractivity contribution in [3.05, 3.63) is 29.8 Å². The number of carbonyl (C=O) groups is 3. The summed E-state index contributed by atoms with van der Waals surface area (Å²) in [5.74, 6) is -2.48. The molecule has 7 N–H and O–H groups in total. The van der Waals surface area contributed by atoms with Crippen molar-refractivity contribution in [3.8, 4) is 5.75 Å². The summed E-state index contributed by atoms with van der Waals surface area (Å²) in [6.07, 6.45) is -0.809. The normalized spacial score (nSPS) is 15.4. The number of carboxylic acid groups (broad SMARTS) is 1. The van der Waals surface area contributed by atoms with Crippen LogP contribution in [0.2, 0.25) is 0 Å². The molecule has 1 rings (SSSR count). The molecule has 0 aliphatic carbocycles. The molecule has 2 amide bonds. The summed E-state index contributed by atoms with van der Waals surface area (Å²) in [5.41, 5.74) is 6.21. The van der Waals surface area contributed by atoms with E-state index in [0.29, 0.717) is 5.56 Å². The van der Waals surface area contributed by atoms with Crippen molar-refractivity contribution in [1.29, 1.82) is 0 Å². The summed E-state index contributed by atoms with van der Waals surface area (Å²) in [4.78, 5) is 36.3. The smallest absolute Gasteiger partial charge is 0.326 e. The van der Waals surface area contributed by atoms with Crippen LogP contribution in [0.3, 0.4) is 0 Å². The Kier molecular flexibility index (Phi) is 8.87. The van der Waals surface area contributed by atoms with Gasteiger partial charge < -0.3 is 31.7 Å². The average molecular weight is 395 g/mol. The highest BCUT2D eigenvalue weighted by molar-refractivity contribution is 5.92. The fourth-order valence-electron chi connectivity index (χ4n) is 2.53. The van der Waals surface area contributed by atoms with Gasteiger partial charge in [0.25, 0.3) is 0 Å². The number of aromatic hydroxyl groups is 1. The fourth-order valence-corrected chi connectivity index (χ4v) is 2.53. The molecule has 4 atom stereocenters. The topological polar surface area (TPSA) is 162 Å². The average Bonchev–Trinajstić information content (AvgIpc) is 2.60. The van der Waals surface area contributed by atoms with Crippen molar-refractivity contribution in [1.82, 2.24) is 10.6 Å². The highest BCUT2D eigenvalue weighted by atomic mass is 16.4. The number of aliphatic carboxylic acids is 1. The maximum absolute atomic E-state index is 12.6. The van der Waals surface area contributed by atoms with Crippen molar-refractivity contribution in [2.24, 2.45) is 11.7 Å². The minimum Gasteiger partial charge on any atom is -0.508 e. The van der Waals surface area contributed by atoms with Gasteiger partial charge in [-0.05, 0) is 37.0 Å². The van der Waals surface area contributed by atoms with Crippen LogP contribution < -0.4 is 16.4 Å². The van der Waals surface area contributed by atoms with E-state index in [4.69, 9.17) is 5.73 Å². The van der Waals surface area contributed by atoms with Gasteiger partial charge in [0.05, 0.1) is 6.10 Å². The molecular formula is C19H29N3O6. The van der Waals surface area contributed by atoms with Crippen molar-refractivity contribution in [2.75, 3.05) is 0 Å². The molecule has 0 aromatic heterocycles. The number of phenolic OH excluding ortho intramolecular Hbond substituents is 1. The number of rotatable bonds is 10. The minimum atomic E-state index is -1.23. The number of amides is 2. The lowest BCUT2D eigenvalue weighted by Crippen LogP contribution is -2.56. The van der Waals surface area contributed by atoms with Crippen LogP contribution in [0.1, 0.15) is 32.8 Å². The number of aliphatic hydroxyl groups is 1. The molecule has 0 aliphatic heterocycles. The summed E-state index contributed by atoms with van der Waals surface area (Å²) in [6.45, 7) is 5.07. The lowest BCUT2D eigenvalue weighted by atomic mass is 10.0. The number of aliphatic hydroxyl groups excluding tert-OH is 1. The first-order chi connectivity index (χ1) is 13.0. The molecular weight excluding hydrogens is 366 g/mol. The molecule has 1 aromatic carbocycles. The predicted molar refractivity (Wildman–Crippen MR) is 102 cm³/mol. The van der Waals surface area contributed by atoms with Gasteiger partial charge >= 0.3 is 5.97 Å². The van der Waals surface area contributed by atoms with E-state index in [1.165, 1.54) is 19.1 Å². The molecule has 0 saturated heterocycles. The summed E-state index contributed by atoms with van der Waals surface area (Å²) in [5, 5.41) is 33.1. The molecule has 0 radical (unpaired) electrons. The van der Waals surface area contributed by atoms with Crippen LogP contribution in [0, 0.1) is 5.92 Å². The van der Waals surface area contributed by atoms with Gasteiger partial charge in [0.15, 0.2) is 0 Å². The number of carboxylic acids is 1. The number of benzene rings is 1. The Morgan fingerprint density at radius 2 is 1.54 bits per heavy atom. The van der Waals surface area contributed by atoms with Gasteiger partial charge in [-0.15, -0.1) is 0 Å². The van der Waals surface area contributed by atoms with E-state index < -0.39 is 42.0 Å². The summed E-state index contributed by atoms with van der Waals surface area (Å²) < 4.78 is 0. The largest absolute Gasteiger partial charge is 0.508 e. The molecule has 1 aromatic rings. The van der Waals surface area contributed by atoms with Gasteiger partial charge in [0.2, 0.25) is 11.8 Å². The van der Waals surface area contributed by atoms with Gasteiger partial charge in [-0.1, -0.05) is 26.0 Å². The maximum atomic E-state index is 12.6. The van der Waals surface area contributed by atoms with Crippen LogP contribution in [-0.4, -0.2) is 57.3 Å². The zero-order chi connectivity index (χ0) is 21.4. The van der Waals surface area contributed by atoms with E-state index in [1.54, 1.807) is 12.1 Å². The summed E-state index contributed by atoms with van der Waals surface area (Å²) in [6, 6.07) is 2.58. The maximum Gasteiger partial charge on any atom is 0.326 e. The number of hydrogen-bond donors (Lipinski definition) is 6. The van der Waals surface area contributed by atoms with Gasteiger partial charge in [-0.3, -0.25) is 9.59 Å². The molecule has 0 fully saturated rings. The van der Waals surface area contributed by atoms with E-state index in [2.05, 4.69) is 10.6 Å². The number of nitrogens with two attached hydrogens (primary N) is 1. The molecule has 0 aliphatic rings. The molecule has 156 valence electrons. The Balaban J connectivity index is 2.88. The standard InChI is InChI=1S/C19H29N3O6/c1-10(2)8-14(21-18(26)16(20)11(3)23)17(25)22-15(19(27)28)9-12-4-6-13(24)7-5-12/h4-7,10-11,14-16,23-24H,8-9,20H2,1-3H3,(H,21,26)(H,22,25)(H,27,28)/t11-,14+,15+,16+/m1/s1. The minimum absolute atomic E-state index is 0.0108. The van der Waals surface area contributed by atoms with Gasteiger partial charge in [0.1, 0.15) is 23.9 Å². The predicted octanol–water partition coefficient (Wildman–Crippen LogP) is -0.257. The monoisotopic (exact) mass is 395 g/mol. The fraction of sp³-hybridized carbons (Fsp3) is 0.526. The first-order valence-corrected chi connectivity index (χ1v) is 9.06. The molecule has 28 heavy (non-hydrogen) atoms. The summed E-state index contributed by atoms with van der Waals surface area (Å²) in [7, 11) is 0. The third-order valence-electron chi connectivity index (χ3n) is 4.15. The lowest BCUT2D eigenvalue weighted by Gasteiger charge is -2.24. The SMILES string of the molecule is CC(C)C[C@H](NC(=O)[C@@H](N)[C@@H](C)O)C(=O)N[C@@H](Cc1ccc(O)cc1)C(=O)O. The molecule has 0 heterocycles. The van der Waals surface area contributed by atoms with Gasteiger partial charge in [-0.25, -0.2) is 4.79 Å². The molecule has 0 bridgehead atoms. The quantitative estimate of drug-likeness (QED) is 0.318. The number of hydrogen-bond acceptors (Lipinski definition) is 6. The first kappa shape index (κ1) is 23.4. The molecule has 0 unspecified atom stereocenters. The highest BCUT2D eigenvalue weighted by Gasteiger charge is 2.29. The Morgan fingerprint density at radius 3 is 2.00 bits per heavy atom. The van der Waals surface area contributed by atoms with E-state index in [0.717, 1.165) is 0 Å². The third-order valence-corrected chi connectivity index (χ3v) is 4.15. The van der Waals surface area contributed by atoms with E-state index in [-0.39, 0.29) is 24.5 Å². The van der Waals surface area contributed by atoms with Crippen LogP contribution in [0.4, 0.5) is 0 Å². The van der Waals surface area contributed by atoms with Crippen molar-refractivity contribution < 1.29 is 29.7 Å². The number of phenols is 1. The molecule has 0 saturated carbocycles. The van der Waals surface area contributed by atoms with Crippen LogP contribution in [0.5, 0.6) is 5.75 Å². The third kappa shape index (κ3) is 7.53. The van der Waals surface area contributed by atoms with Crippen LogP contribution in [0.25, 0.3) is 0 Å². The van der Waals surface area contributed by atoms with Gasteiger partial charge in [0, 0.05) is 6.42 Å².